The highest BCUT2D eigenvalue weighted by Crippen LogP contribution is 2.24. The molecule has 28 heavy (non-hydrogen) atoms. The normalized spacial score (nSPS) is 15.2. The number of aryl methyl sites for hydroxylation is 1. The van der Waals surface area contributed by atoms with E-state index in [2.05, 4.69) is 5.32 Å². The van der Waals surface area contributed by atoms with Crippen molar-refractivity contribution in [2.24, 2.45) is 5.92 Å². The standard InChI is InChI=1S/C20H29N3O5/c1-14-13-16(23(26)27)5-6-17(14)18(24)22-11-8-15(9-12-22)7-10-21-19(25)28-20(2,3)4/h5-6,13,15H,7-12H2,1-4H3,(H,21,25). The van der Waals surface area contributed by atoms with Crippen LogP contribution in [0, 0.1) is 23.0 Å². The maximum atomic E-state index is 12.7. The molecule has 0 unspecified atom stereocenters. The third-order valence-corrected chi connectivity index (χ3v) is 4.77. The van der Waals surface area contributed by atoms with Crippen LogP contribution in [-0.4, -0.2) is 47.1 Å². The summed E-state index contributed by atoms with van der Waals surface area (Å²) in [5.41, 5.74) is 0.606. The second kappa shape index (κ2) is 9.03. The molecular weight excluding hydrogens is 362 g/mol. The largest absolute Gasteiger partial charge is 0.444 e. The summed E-state index contributed by atoms with van der Waals surface area (Å²) in [6, 6.07) is 4.34. The van der Waals surface area contributed by atoms with Gasteiger partial charge in [0, 0.05) is 37.3 Å². The summed E-state index contributed by atoms with van der Waals surface area (Å²) in [4.78, 5) is 36.6. The summed E-state index contributed by atoms with van der Waals surface area (Å²) in [5, 5.41) is 13.6. The second-order valence-electron chi connectivity index (χ2n) is 8.21. The minimum absolute atomic E-state index is 0.00903. The highest BCUT2D eigenvalue weighted by Gasteiger charge is 2.25. The van der Waals surface area contributed by atoms with Crippen molar-refractivity contribution in [3.05, 3.63) is 39.4 Å². The van der Waals surface area contributed by atoms with E-state index < -0.39 is 16.6 Å². The molecule has 8 nitrogen and oxygen atoms in total. The summed E-state index contributed by atoms with van der Waals surface area (Å²) in [7, 11) is 0. The van der Waals surface area contributed by atoms with Gasteiger partial charge < -0.3 is 15.0 Å². The number of alkyl carbamates (subject to hydrolysis) is 1. The van der Waals surface area contributed by atoms with Crippen LogP contribution in [0.3, 0.4) is 0 Å². The molecule has 1 aromatic carbocycles. The van der Waals surface area contributed by atoms with Crippen LogP contribution >= 0.6 is 0 Å². The zero-order valence-corrected chi connectivity index (χ0v) is 17.0. The van der Waals surface area contributed by atoms with E-state index in [1.54, 1.807) is 11.8 Å². The highest BCUT2D eigenvalue weighted by atomic mass is 16.6. The average Bonchev–Trinajstić information content (AvgIpc) is 2.60. The van der Waals surface area contributed by atoms with Crippen LogP contribution in [0.2, 0.25) is 0 Å². The number of nitrogens with one attached hydrogen (secondary N) is 1. The number of hydrogen-bond donors (Lipinski definition) is 1. The van der Waals surface area contributed by atoms with Crippen molar-refractivity contribution < 1.29 is 19.2 Å². The fourth-order valence-corrected chi connectivity index (χ4v) is 3.29. The van der Waals surface area contributed by atoms with Gasteiger partial charge in [0.05, 0.1) is 4.92 Å². The number of nitrogens with zero attached hydrogens (tertiary/aromatic N) is 2. The van der Waals surface area contributed by atoms with Gasteiger partial charge in [-0.15, -0.1) is 0 Å². The van der Waals surface area contributed by atoms with Gasteiger partial charge in [-0.1, -0.05) is 0 Å². The van der Waals surface area contributed by atoms with Crippen molar-refractivity contribution in [2.75, 3.05) is 19.6 Å². The van der Waals surface area contributed by atoms with Crippen LogP contribution in [-0.2, 0) is 4.74 Å². The Kier molecular flexibility index (Phi) is 6.99. The molecule has 0 aromatic heterocycles. The third kappa shape index (κ3) is 6.21. The lowest BCUT2D eigenvalue weighted by molar-refractivity contribution is -0.384. The molecule has 0 aliphatic carbocycles. The molecule has 1 N–H and O–H groups in total. The van der Waals surface area contributed by atoms with Crippen LogP contribution in [0.15, 0.2) is 18.2 Å². The van der Waals surface area contributed by atoms with Crippen molar-refractivity contribution in [2.45, 2.75) is 52.6 Å². The molecule has 0 bridgehead atoms. The van der Waals surface area contributed by atoms with Crippen molar-refractivity contribution in [1.29, 1.82) is 0 Å². The molecule has 1 aliphatic heterocycles. The van der Waals surface area contributed by atoms with E-state index >= 15 is 0 Å². The van der Waals surface area contributed by atoms with E-state index in [9.17, 15) is 19.7 Å². The number of carbonyl (C=O) groups excluding carboxylic acids is 2. The number of carbonyl (C=O) groups is 2. The number of non-ortho nitro benzene ring substituents is 1. The van der Waals surface area contributed by atoms with Gasteiger partial charge in [-0.05, 0) is 64.5 Å². The quantitative estimate of drug-likeness (QED) is 0.609. The number of nitro groups is 1. The number of amides is 2. The second-order valence-corrected chi connectivity index (χ2v) is 8.21. The Bertz CT molecular complexity index is 734. The van der Waals surface area contributed by atoms with E-state index in [4.69, 9.17) is 4.74 Å². The Morgan fingerprint density at radius 1 is 1.29 bits per heavy atom. The number of benzene rings is 1. The molecule has 1 aromatic rings. The molecule has 2 rings (SSSR count). The van der Waals surface area contributed by atoms with E-state index in [0.29, 0.717) is 36.7 Å². The lowest BCUT2D eigenvalue weighted by Crippen LogP contribution is -2.39. The molecule has 0 saturated carbocycles. The fourth-order valence-electron chi connectivity index (χ4n) is 3.29. The lowest BCUT2D eigenvalue weighted by atomic mass is 9.93. The monoisotopic (exact) mass is 391 g/mol. The summed E-state index contributed by atoms with van der Waals surface area (Å²) in [5.74, 6) is 0.356. The summed E-state index contributed by atoms with van der Waals surface area (Å²) in [6.45, 7) is 9.03. The molecular formula is C20H29N3O5. The van der Waals surface area contributed by atoms with Gasteiger partial charge in [0.1, 0.15) is 5.60 Å². The highest BCUT2D eigenvalue weighted by molar-refractivity contribution is 5.96. The summed E-state index contributed by atoms with van der Waals surface area (Å²) >= 11 is 0. The first-order valence-electron chi connectivity index (χ1n) is 9.58. The third-order valence-electron chi connectivity index (χ3n) is 4.77. The topological polar surface area (TPSA) is 102 Å². The Morgan fingerprint density at radius 2 is 1.93 bits per heavy atom. The van der Waals surface area contributed by atoms with Crippen LogP contribution in [0.5, 0.6) is 0 Å². The molecule has 0 radical (unpaired) electrons. The predicted molar refractivity (Wildman–Crippen MR) is 105 cm³/mol. The smallest absolute Gasteiger partial charge is 0.407 e. The molecule has 1 aliphatic rings. The van der Waals surface area contributed by atoms with Crippen LogP contribution in [0.25, 0.3) is 0 Å². The first kappa shape index (κ1) is 21.7. The van der Waals surface area contributed by atoms with Gasteiger partial charge in [0.15, 0.2) is 0 Å². The van der Waals surface area contributed by atoms with Gasteiger partial charge in [-0.2, -0.15) is 0 Å². The van der Waals surface area contributed by atoms with E-state index in [-0.39, 0.29) is 11.6 Å². The Balaban J connectivity index is 1.79. The van der Waals surface area contributed by atoms with E-state index in [1.165, 1.54) is 18.2 Å². The molecule has 154 valence electrons. The number of rotatable bonds is 5. The first-order chi connectivity index (χ1) is 13.1. The van der Waals surface area contributed by atoms with E-state index in [0.717, 1.165) is 19.3 Å². The maximum Gasteiger partial charge on any atom is 0.407 e. The minimum Gasteiger partial charge on any atom is -0.444 e. The zero-order chi connectivity index (χ0) is 20.9. The van der Waals surface area contributed by atoms with Gasteiger partial charge >= 0.3 is 6.09 Å². The first-order valence-corrected chi connectivity index (χ1v) is 9.58. The SMILES string of the molecule is Cc1cc([N+](=O)[O-])ccc1C(=O)N1CCC(CCNC(=O)OC(C)(C)C)CC1. The predicted octanol–water partition coefficient (Wildman–Crippen LogP) is 3.67. The van der Waals surface area contributed by atoms with Gasteiger partial charge in [0.25, 0.3) is 11.6 Å². The van der Waals surface area contributed by atoms with Crippen LogP contribution < -0.4 is 5.32 Å². The molecule has 2 amide bonds. The number of ether oxygens (including phenoxy) is 1. The number of hydrogen-bond acceptors (Lipinski definition) is 5. The number of likely N-dealkylation sites (tertiary alicyclic amines) is 1. The fraction of sp³-hybridized carbons (Fsp3) is 0.600. The van der Waals surface area contributed by atoms with Gasteiger partial charge in [-0.3, -0.25) is 14.9 Å². The molecule has 1 heterocycles. The Hall–Kier alpha value is -2.64. The number of piperidine rings is 1. The molecule has 1 fully saturated rings. The average molecular weight is 391 g/mol. The van der Waals surface area contributed by atoms with Crippen molar-refractivity contribution in [3.8, 4) is 0 Å². The zero-order valence-electron chi connectivity index (χ0n) is 17.0. The lowest BCUT2D eigenvalue weighted by Gasteiger charge is -2.32. The van der Waals surface area contributed by atoms with Crippen LogP contribution in [0.1, 0.15) is 56.0 Å². The van der Waals surface area contributed by atoms with Crippen LogP contribution in [0.4, 0.5) is 10.5 Å². The summed E-state index contributed by atoms with van der Waals surface area (Å²) < 4.78 is 5.21. The van der Waals surface area contributed by atoms with E-state index in [1.807, 2.05) is 20.8 Å². The van der Waals surface area contributed by atoms with Crippen molar-refractivity contribution in [3.63, 3.8) is 0 Å². The van der Waals surface area contributed by atoms with Crippen molar-refractivity contribution in [1.82, 2.24) is 10.2 Å². The Labute approximate surface area is 165 Å². The molecule has 0 spiro atoms. The molecule has 1 saturated heterocycles. The van der Waals surface area contributed by atoms with Gasteiger partial charge in [-0.25, -0.2) is 4.79 Å². The van der Waals surface area contributed by atoms with Gasteiger partial charge in [0.2, 0.25) is 0 Å². The minimum atomic E-state index is -0.508. The number of nitro benzene ring substituents is 1. The Morgan fingerprint density at radius 3 is 2.46 bits per heavy atom. The maximum absolute atomic E-state index is 12.7. The molecule has 0 atom stereocenters. The summed E-state index contributed by atoms with van der Waals surface area (Å²) in [6.07, 6.45) is 2.17. The van der Waals surface area contributed by atoms with Crippen molar-refractivity contribution >= 4 is 17.7 Å². The molecule has 8 heteroatoms.